The number of sulfone groups is 1. The Hall–Kier alpha value is -2.10. The van der Waals surface area contributed by atoms with Crippen molar-refractivity contribution in [3.8, 4) is 0 Å². The van der Waals surface area contributed by atoms with E-state index in [0.29, 0.717) is 15.9 Å². The van der Waals surface area contributed by atoms with Crippen molar-refractivity contribution in [2.75, 3.05) is 28.3 Å². The maximum absolute atomic E-state index is 14.5. The first-order chi connectivity index (χ1) is 14.2. The van der Waals surface area contributed by atoms with Crippen LogP contribution in [0.5, 0.6) is 0 Å². The molecule has 2 aliphatic heterocycles. The van der Waals surface area contributed by atoms with Crippen LogP contribution in [0, 0.1) is 12.7 Å². The number of carbonyl (C=O) groups is 1. The number of aryl methyl sites for hydroxylation is 1. The Kier molecular flexibility index (Phi) is 5.78. The molecule has 30 heavy (non-hydrogen) atoms. The zero-order valence-corrected chi connectivity index (χ0v) is 18.4. The van der Waals surface area contributed by atoms with Crippen molar-refractivity contribution >= 4 is 55.6 Å². The third-order valence-corrected chi connectivity index (χ3v) is 8.44. The monoisotopic (exact) mass is 467 g/mol. The van der Waals surface area contributed by atoms with Crippen LogP contribution >= 0.6 is 23.4 Å². The molecule has 1 amide bonds. The molecular formula is C20H19ClFN3O3S2. The van der Waals surface area contributed by atoms with Crippen LogP contribution in [0.2, 0.25) is 5.02 Å². The predicted octanol–water partition coefficient (Wildman–Crippen LogP) is 3.50. The van der Waals surface area contributed by atoms with Crippen molar-refractivity contribution in [3.05, 3.63) is 58.9 Å². The van der Waals surface area contributed by atoms with Gasteiger partial charge in [-0.3, -0.25) is 9.79 Å². The largest absolute Gasteiger partial charge is 0.324 e. The number of aliphatic imine (C=N–C) groups is 1. The third-order valence-electron chi connectivity index (χ3n) is 4.95. The molecule has 158 valence electrons. The fourth-order valence-electron chi connectivity index (χ4n) is 3.46. The van der Waals surface area contributed by atoms with Crippen LogP contribution in [0.1, 0.15) is 5.56 Å². The normalized spacial score (nSPS) is 21.8. The number of nitrogens with one attached hydrogen (secondary N) is 1. The SMILES string of the molecule is Cc1ccc(Cl)cc1NC(=O)CN(C1=NC2CS(=O)(=O)CC2S1)c1ccccc1F. The molecule has 4 rings (SSSR count). The van der Waals surface area contributed by atoms with E-state index in [1.807, 2.05) is 6.92 Å². The molecule has 2 unspecified atom stereocenters. The second kappa shape index (κ2) is 8.20. The summed E-state index contributed by atoms with van der Waals surface area (Å²) in [6, 6.07) is 10.9. The Labute approximate surface area is 183 Å². The number of thioether (sulfide) groups is 1. The van der Waals surface area contributed by atoms with E-state index < -0.39 is 15.7 Å². The summed E-state index contributed by atoms with van der Waals surface area (Å²) in [5.41, 5.74) is 1.63. The van der Waals surface area contributed by atoms with Gasteiger partial charge < -0.3 is 10.2 Å². The predicted molar refractivity (Wildman–Crippen MR) is 120 cm³/mol. The number of benzene rings is 2. The zero-order chi connectivity index (χ0) is 21.5. The number of hydrogen-bond acceptors (Lipinski definition) is 6. The van der Waals surface area contributed by atoms with E-state index >= 15 is 0 Å². The van der Waals surface area contributed by atoms with Crippen LogP contribution < -0.4 is 10.2 Å². The summed E-state index contributed by atoms with van der Waals surface area (Å²) in [5, 5.41) is 3.54. The molecule has 1 N–H and O–H groups in total. The van der Waals surface area contributed by atoms with Gasteiger partial charge in [-0.25, -0.2) is 12.8 Å². The van der Waals surface area contributed by atoms with E-state index in [-0.39, 0.29) is 40.9 Å². The number of amidine groups is 1. The van der Waals surface area contributed by atoms with Crippen molar-refractivity contribution in [3.63, 3.8) is 0 Å². The highest BCUT2D eigenvalue weighted by Crippen LogP contribution is 2.37. The Morgan fingerprint density at radius 1 is 1.30 bits per heavy atom. The highest BCUT2D eigenvalue weighted by atomic mass is 35.5. The van der Waals surface area contributed by atoms with Gasteiger partial charge in [-0.1, -0.05) is 41.6 Å². The van der Waals surface area contributed by atoms with Gasteiger partial charge in [-0.15, -0.1) is 0 Å². The molecule has 2 heterocycles. The lowest BCUT2D eigenvalue weighted by Gasteiger charge is -2.24. The number of carbonyl (C=O) groups excluding carboxylic acids is 1. The van der Waals surface area contributed by atoms with Gasteiger partial charge in [0.2, 0.25) is 5.91 Å². The van der Waals surface area contributed by atoms with Crippen LogP contribution in [0.15, 0.2) is 47.5 Å². The molecule has 2 aromatic carbocycles. The minimum absolute atomic E-state index is 0.0207. The molecule has 0 aromatic heterocycles. The van der Waals surface area contributed by atoms with Gasteiger partial charge in [-0.05, 0) is 36.8 Å². The molecule has 2 aliphatic rings. The minimum atomic E-state index is -3.11. The van der Waals surface area contributed by atoms with E-state index in [2.05, 4.69) is 10.3 Å². The minimum Gasteiger partial charge on any atom is -0.324 e. The van der Waals surface area contributed by atoms with E-state index in [0.717, 1.165) is 5.56 Å². The molecular weight excluding hydrogens is 449 g/mol. The molecule has 0 bridgehead atoms. The molecule has 0 saturated carbocycles. The van der Waals surface area contributed by atoms with Crippen LogP contribution in [-0.2, 0) is 14.6 Å². The first-order valence-electron chi connectivity index (χ1n) is 9.25. The quantitative estimate of drug-likeness (QED) is 0.744. The van der Waals surface area contributed by atoms with Gasteiger partial charge in [0.05, 0.1) is 23.2 Å². The lowest BCUT2D eigenvalue weighted by atomic mass is 10.2. The highest BCUT2D eigenvalue weighted by molar-refractivity contribution is 8.15. The van der Waals surface area contributed by atoms with Gasteiger partial charge in [0, 0.05) is 16.0 Å². The summed E-state index contributed by atoms with van der Waals surface area (Å²) in [6.07, 6.45) is 0. The second-order valence-corrected chi connectivity index (χ2v) is 11.1. The number of rotatable bonds is 4. The molecule has 6 nitrogen and oxygen atoms in total. The first-order valence-corrected chi connectivity index (χ1v) is 12.3. The number of nitrogens with zero attached hydrogens (tertiary/aromatic N) is 2. The number of fused-ring (bicyclic) bond motifs is 1. The molecule has 10 heteroatoms. The Morgan fingerprint density at radius 2 is 2.07 bits per heavy atom. The Balaban J connectivity index is 1.60. The van der Waals surface area contributed by atoms with Crippen LogP contribution in [0.3, 0.4) is 0 Å². The van der Waals surface area contributed by atoms with E-state index in [1.165, 1.54) is 22.7 Å². The Morgan fingerprint density at radius 3 is 2.80 bits per heavy atom. The number of para-hydroxylation sites is 1. The second-order valence-electron chi connectivity index (χ2n) is 7.26. The summed E-state index contributed by atoms with van der Waals surface area (Å²) >= 11 is 7.30. The summed E-state index contributed by atoms with van der Waals surface area (Å²) < 4.78 is 38.3. The van der Waals surface area contributed by atoms with Gasteiger partial charge in [-0.2, -0.15) is 0 Å². The average Bonchev–Trinajstić information content (AvgIpc) is 3.17. The van der Waals surface area contributed by atoms with Crippen molar-refractivity contribution in [1.82, 2.24) is 0 Å². The molecule has 1 fully saturated rings. The highest BCUT2D eigenvalue weighted by Gasteiger charge is 2.44. The standard InChI is InChI=1S/C20H19ClFN3O3S2/c1-12-6-7-13(21)8-15(12)23-19(26)9-25(17-5-3-2-4-14(17)22)20-24-16-10-30(27,28)11-18(16)29-20/h2-8,16,18H,9-11H2,1H3,(H,23,26). The fourth-order valence-corrected chi connectivity index (χ4v) is 7.40. The maximum Gasteiger partial charge on any atom is 0.244 e. The van der Waals surface area contributed by atoms with Gasteiger partial charge in [0.15, 0.2) is 15.0 Å². The van der Waals surface area contributed by atoms with Crippen molar-refractivity contribution < 1.29 is 17.6 Å². The van der Waals surface area contributed by atoms with E-state index in [9.17, 15) is 17.6 Å². The van der Waals surface area contributed by atoms with Crippen LogP contribution in [-0.4, -0.2) is 48.8 Å². The van der Waals surface area contributed by atoms with Crippen molar-refractivity contribution in [2.24, 2.45) is 4.99 Å². The Bertz CT molecular complexity index is 1140. The van der Waals surface area contributed by atoms with Crippen LogP contribution in [0.4, 0.5) is 15.8 Å². The molecule has 2 atom stereocenters. The molecule has 0 radical (unpaired) electrons. The maximum atomic E-state index is 14.5. The molecule has 2 aromatic rings. The third kappa shape index (κ3) is 4.48. The topological polar surface area (TPSA) is 78.8 Å². The van der Waals surface area contributed by atoms with Gasteiger partial charge in [0.25, 0.3) is 0 Å². The summed E-state index contributed by atoms with van der Waals surface area (Å²) in [6.45, 7) is 1.67. The zero-order valence-electron chi connectivity index (χ0n) is 16.0. The van der Waals surface area contributed by atoms with Gasteiger partial charge in [0.1, 0.15) is 12.4 Å². The average molecular weight is 468 g/mol. The lowest BCUT2D eigenvalue weighted by Crippen LogP contribution is -2.37. The van der Waals surface area contributed by atoms with Crippen molar-refractivity contribution in [2.45, 2.75) is 18.2 Å². The number of anilines is 2. The summed E-state index contributed by atoms with van der Waals surface area (Å²) in [7, 11) is -3.11. The van der Waals surface area contributed by atoms with Crippen molar-refractivity contribution in [1.29, 1.82) is 0 Å². The molecule has 1 saturated heterocycles. The van der Waals surface area contributed by atoms with E-state index in [4.69, 9.17) is 11.6 Å². The molecule has 0 spiro atoms. The lowest BCUT2D eigenvalue weighted by molar-refractivity contribution is -0.114. The summed E-state index contributed by atoms with van der Waals surface area (Å²) in [4.78, 5) is 18.8. The summed E-state index contributed by atoms with van der Waals surface area (Å²) in [5.74, 6) is -0.838. The number of amides is 1. The smallest absolute Gasteiger partial charge is 0.244 e. The number of halogens is 2. The van der Waals surface area contributed by atoms with Crippen LogP contribution in [0.25, 0.3) is 0 Å². The first kappa shape index (κ1) is 21.1. The molecule has 0 aliphatic carbocycles. The fraction of sp³-hybridized carbons (Fsp3) is 0.300. The number of hydrogen-bond donors (Lipinski definition) is 1. The van der Waals surface area contributed by atoms with Gasteiger partial charge >= 0.3 is 0 Å². The van der Waals surface area contributed by atoms with E-state index in [1.54, 1.807) is 36.4 Å².